The summed E-state index contributed by atoms with van der Waals surface area (Å²) in [6.07, 6.45) is 1.99. The summed E-state index contributed by atoms with van der Waals surface area (Å²) >= 11 is 0. The third-order valence-electron chi connectivity index (χ3n) is 10.1. The lowest BCUT2D eigenvalue weighted by Gasteiger charge is -2.18. The Labute approximate surface area is 318 Å². The smallest absolute Gasteiger partial charge is 0.164 e. The van der Waals surface area contributed by atoms with Crippen LogP contribution in [0.1, 0.15) is 0 Å². The number of pyridine rings is 1. The van der Waals surface area contributed by atoms with Crippen molar-refractivity contribution in [2.45, 2.75) is 0 Å². The second kappa shape index (κ2) is 13.8. The molecule has 10 rings (SSSR count). The van der Waals surface area contributed by atoms with Crippen LogP contribution in [0, 0.1) is 0 Å². The summed E-state index contributed by atoms with van der Waals surface area (Å²) in [5, 5.41) is 7.37. The van der Waals surface area contributed by atoms with Gasteiger partial charge in [-0.15, -0.1) is 0 Å². The fourth-order valence-corrected chi connectivity index (χ4v) is 7.51. The van der Waals surface area contributed by atoms with E-state index in [-0.39, 0.29) is 0 Å². The summed E-state index contributed by atoms with van der Waals surface area (Å²) in [5.41, 5.74) is 12.7. The molecule has 0 spiro atoms. The zero-order valence-electron chi connectivity index (χ0n) is 29.8. The lowest BCUT2D eigenvalue weighted by Crippen LogP contribution is -2.01. The molecule has 0 N–H and O–H groups in total. The van der Waals surface area contributed by atoms with Gasteiger partial charge in [0.1, 0.15) is 0 Å². The maximum Gasteiger partial charge on any atom is 0.164 e. The minimum Gasteiger partial charge on any atom is -0.231 e. The van der Waals surface area contributed by atoms with E-state index in [0.29, 0.717) is 17.5 Å². The SMILES string of the molecule is c1ccc(-c2cccc(-c3nc(-c4ccccc4)nc(-c4ccc(-c5c(-c6ccccc6)n6ncc(-c7ccccc7)c6c6ccccc56)cc4)n3)c2)cc1. The van der Waals surface area contributed by atoms with Gasteiger partial charge in [0.2, 0.25) is 0 Å². The molecular weight excluding hydrogens is 671 g/mol. The van der Waals surface area contributed by atoms with Gasteiger partial charge < -0.3 is 0 Å². The molecule has 0 fully saturated rings. The third-order valence-corrected chi connectivity index (χ3v) is 10.1. The summed E-state index contributed by atoms with van der Waals surface area (Å²) in [7, 11) is 0. The first-order chi connectivity index (χ1) is 27.3. The van der Waals surface area contributed by atoms with Crippen molar-refractivity contribution in [1.29, 1.82) is 0 Å². The molecule has 3 heterocycles. The second-order valence-corrected chi connectivity index (χ2v) is 13.5. The maximum atomic E-state index is 5.09. The predicted octanol–water partition coefficient (Wildman–Crippen LogP) is 12.3. The van der Waals surface area contributed by atoms with Gasteiger partial charge in [-0.3, -0.25) is 0 Å². The second-order valence-electron chi connectivity index (χ2n) is 13.5. The molecule has 258 valence electrons. The van der Waals surface area contributed by atoms with Gasteiger partial charge in [-0.2, -0.15) is 5.10 Å². The topological polar surface area (TPSA) is 56.0 Å². The van der Waals surface area contributed by atoms with Crippen molar-refractivity contribution in [3.8, 4) is 78.8 Å². The number of rotatable bonds is 7. The Morgan fingerprint density at radius 2 is 0.782 bits per heavy atom. The van der Waals surface area contributed by atoms with E-state index in [1.54, 1.807) is 0 Å². The Morgan fingerprint density at radius 3 is 1.42 bits per heavy atom. The van der Waals surface area contributed by atoms with Crippen molar-refractivity contribution in [3.05, 3.63) is 200 Å². The molecule has 55 heavy (non-hydrogen) atoms. The quantitative estimate of drug-likeness (QED) is 0.166. The van der Waals surface area contributed by atoms with E-state index < -0.39 is 0 Å². The normalized spacial score (nSPS) is 11.3. The molecule has 0 atom stereocenters. The molecule has 7 aromatic carbocycles. The Bertz CT molecular complexity index is 2940. The lowest BCUT2D eigenvalue weighted by atomic mass is 9.92. The summed E-state index contributed by atoms with van der Waals surface area (Å²) < 4.78 is 2.12. The highest BCUT2D eigenvalue weighted by Gasteiger charge is 2.22. The first kappa shape index (κ1) is 32.2. The average molecular weight is 704 g/mol. The molecule has 10 aromatic rings. The number of hydrogen-bond donors (Lipinski definition) is 0. The number of hydrogen-bond acceptors (Lipinski definition) is 4. The van der Waals surface area contributed by atoms with Gasteiger partial charge in [0, 0.05) is 38.8 Å². The van der Waals surface area contributed by atoms with E-state index in [0.717, 1.165) is 77.6 Å². The Kier molecular flexibility index (Phi) is 8.08. The van der Waals surface area contributed by atoms with Crippen molar-refractivity contribution < 1.29 is 0 Å². The summed E-state index contributed by atoms with van der Waals surface area (Å²) in [4.78, 5) is 15.1. The zero-order chi connectivity index (χ0) is 36.6. The van der Waals surface area contributed by atoms with Crippen LogP contribution in [0.15, 0.2) is 200 Å². The minimum absolute atomic E-state index is 0.615. The third kappa shape index (κ3) is 5.94. The van der Waals surface area contributed by atoms with Crippen molar-refractivity contribution in [1.82, 2.24) is 24.6 Å². The summed E-state index contributed by atoms with van der Waals surface area (Å²) in [6.45, 7) is 0. The predicted molar refractivity (Wildman–Crippen MR) is 224 cm³/mol. The van der Waals surface area contributed by atoms with Crippen LogP contribution in [0.3, 0.4) is 0 Å². The molecule has 0 bridgehead atoms. The van der Waals surface area contributed by atoms with Gasteiger partial charge >= 0.3 is 0 Å². The Morgan fingerprint density at radius 1 is 0.327 bits per heavy atom. The molecule has 0 saturated carbocycles. The average Bonchev–Trinajstić information content (AvgIpc) is 3.72. The molecule has 3 aromatic heterocycles. The van der Waals surface area contributed by atoms with Crippen molar-refractivity contribution in [3.63, 3.8) is 0 Å². The summed E-state index contributed by atoms with van der Waals surface area (Å²) in [6, 6.07) is 67.2. The van der Waals surface area contributed by atoms with Crippen molar-refractivity contribution in [2.24, 2.45) is 0 Å². The number of aromatic nitrogens is 5. The lowest BCUT2D eigenvalue weighted by molar-refractivity contribution is 0.976. The largest absolute Gasteiger partial charge is 0.231 e. The van der Waals surface area contributed by atoms with E-state index in [4.69, 9.17) is 20.1 Å². The first-order valence-corrected chi connectivity index (χ1v) is 18.4. The van der Waals surface area contributed by atoms with Crippen LogP contribution in [0.5, 0.6) is 0 Å². The number of nitrogens with zero attached hydrogens (tertiary/aromatic N) is 5. The Balaban J connectivity index is 1.14. The van der Waals surface area contributed by atoms with Crippen LogP contribution in [0.2, 0.25) is 0 Å². The molecule has 0 aliphatic rings. The molecular formula is C50H33N5. The summed E-state index contributed by atoms with van der Waals surface area (Å²) in [5.74, 6) is 1.87. The van der Waals surface area contributed by atoms with Gasteiger partial charge in [0.25, 0.3) is 0 Å². The molecule has 5 heteroatoms. The standard InChI is InChI=1S/C50H33N5/c1-5-16-34(17-6-1)40-24-15-25-41(32-40)50-53-48(38-22-11-4-12-23-38)52-49(54-50)39-30-28-36(29-31-39)45-42-26-13-14-27-43(42)47-44(35-18-7-2-8-19-35)33-51-55(47)46(45)37-20-9-3-10-21-37/h1-33H. The van der Waals surface area contributed by atoms with Gasteiger partial charge in [0.05, 0.1) is 17.4 Å². The van der Waals surface area contributed by atoms with Crippen molar-refractivity contribution in [2.75, 3.05) is 0 Å². The van der Waals surface area contributed by atoms with Crippen LogP contribution >= 0.6 is 0 Å². The van der Waals surface area contributed by atoms with Crippen molar-refractivity contribution >= 4 is 16.3 Å². The van der Waals surface area contributed by atoms with Gasteiger partial charge in [-0.25, -0.2) is 19.5 Å². The molecule has 0 aliphatic heterocycles. The maximum absolute atomic E-state index is 5.09. The highest BCUT2D eigenvalue weighted by molar-refractivity contribution is 6.13. The molecule has 0 unspecified atom stereocenters. The zero-order valence-corrected chi connectivity index (χ0v) is 29.8. The van der Waals surface area contributed by atoms with E-state index in [9.17, 15) is 0 Å². The molecule has 0 amide bonds. The van der Waals surface area contributed by atoms with E-state index in [1.165, 1.54) is 0 Å². The van der Waals surface area contributed by atoms with E-state index in [2.05, 4.69) is 156 Å². The molecule has 0 aliphatic carbocycles. The number of benzene rings is 7. The molecule has 0 saturated heterocycles. The van der Waals surface area contributed by atoms with Crippen LogP contribution in [0.25, 0.3) is 95.1 Å². The van der Waals surface area contributed by atoms with Crippen LogP contribution < -0.4 is 0 Å². The monoisotopic (exact) mass is 703 g/mol. The van der Waals surface area contributed by atoms with Crippen LogP contribution in [-0.2, 0) is 0 Å². The first-order valence-electron chi connectivity index (χ1n) is 18.4. The van der Waals surface area contributed by atoms with Gasteiger partial charge in [-0.05, 0) is 33.7 Å². The van der Waals surface area contributed by atoms with Crippen LogP contribution in [-0.4, -0.2) is 24.6 Å². The van der Waals surface area contributed by atoms with E-state index >= 15 is 0 Å². The minimum atomic E-state index is 0.615. The molecule has 0 radical (unpaired) electrons. The highest BCUT2D eigenvalue weighted by atomic mass is 15.2. The van der Waals surface area contributed by atoms with Crippen LogP contribution in [0.4, 0.5) is 0 Å². The van der Waals surface area contributed by atoms with Gasteiger partial charge in [-0.1, -0.05) is 188 Å². The van der Waals surface area contributed by atoms with Gasteiger partial charge in [0.15, 0.2) is 17.5 Å². The fraction of sp³-hybridized carbons (Fsp3) is 0. The fourth-order valence-electron chi connectivity index (χ4n) is 7.51. The number of fused-ring (bicyclic) bond motifs is 3. The highest BCUT2D eigenvalue weighted by Crippen LogP contribution is 2.43. The molecule has 5 nitrogen and oxygen atoms in total. The van der Waals surface area contributed by atoms with E-state index in [1.807, 2.05) is 48.7 Å². The Hall–Kier alpha value is -7.50.